The van der Waals surface area contributed by atoms with Crippen LogP contribution in [0.25, 0.3) is 21.9 Å². The van der Waals surface area contributed by atoms with Gasteiger partial charge in [-0.05, 0) is 66.2 Å². The first-order valence-corrected chi connectivity index (χ1v) is 12.7. The number of rotatable bonds is 8. The summed E-state index contributed by atoms with van der Waals surface area (Å²) in [6.07, 6.45) is 13.0. The van der Waals surface area contributed by atoms with Gasteiger partial charge in [-0.3, -0.25) is 0 Å². The lowest BCUT2D eigenvalue weighted by Crippen LogP contribution is -2.13. The number of benzene rings is 3. The number of hydrogen-bond acceptors (Lipinski definition) is 0. The summed E-state index contributed by atoms with van der Waals surface area (Å²) >= 11 is 5.57. The van der Waals surface area contributed by atoms with E-state index in [2.05, 4.69) is 13.0 Å². The minimum atomic E-state index is -0.891. The third-order valence-electron chi connectivity index (χ3n) is 7.31. The van der Waals surface area contributed by atoms with Gasteiger partial charge in [-0.2, -0.15) is 0 Å². The average molecular weight is 473 g/mol. The van der Waals surface area contributed by atoms with Crippen molar-refractivity contribution in [1.29, 1.82) is 0 Å². The first-order chi connectivity index (χ1) is 16.0. The molecule has 0 spiro atoms. The quantitative estimate of drug-likeness (QED) is 0.226. The van der Waals surface area contributed by atoms with Crippen molar-refractivity contribution in [2.75, 3.05) is 0 Å². The summed E-state index contributed by atoms with van der Waals surface area (Å²) < 4.78 is 43.0. The highest BCUT2D eigenvalue weighted by Crippen LogP contribution is 2.39. The molecule has 33 heavy (non-hydrogen) atoms. The van der Waals surface area contributed by atoms with Crippen LogP contribution in [0.3, 0.4) is 0 Å². The van der Waals surface area contributed by atoms with Crippen LogP contribution >= 0.6 is 11.6 Å². The topological polar surface area (TPSA) is 0 Å². The number of fused-ring (bicyclic) bond motifs is 1. The molecule has 3 aromatic rings. The smallest absolute Gasteiger partial charge is 0.145 e. The Balaban J connectivity index is 1.45. The van der Waals surface area contributed by atoms with Gasteiger partial charge in [0, 0.05) is 10.9 Å². The fraction of sp³-hybridized carbons (Fsp3) is 0.448. The lowest BCUT2D eigenvalue weighted by molar-refractivity contribution is 0.302. The number of halogens is 4. The summed E-state index contributed by atoms with van der Waals surface area (Å²) in [4.78, 5) is 0. The van der Waals surface area contributed by atoms with E-state index in [9.17, 15) is 8.78 Å². The van der Waals surface area contributed by atoms with Gasteiger partial charge in [0.25, 0.3) is 0 Å². The summed E-state index contributed by atoms with van der Waals surface area (Å²) in [6.45, 7) is 2.25. The van der Waals surface area contributed by atoms with Crippen LogP contribution in [0.5, 0.6) is 0 Å². The summed E-state index contributed by atoms with van der Waals surface area (Å²) in [6, 6.07) is 11.5. The first-order valence-electron chi connectivity index (χ1n) is 12.3. The second kappa shape index (κ2) is 11.0. The van der Waals surface area contributed by atoms with Gasteiger partial charge in [-0.25, -0.2) is 13.2 Å². The fourth-order valence-corrected chi connectivity index (χ4v) is 5.43. The van der Waals surface area contributed by atoms with E-state index in [-0.39, 0.29) is 11.1 Å². The van der Waals surface area contributed by atoms with Crippen molar-refractivity contribution in [1.82, 2.24) is 0 Å². The Bertz CT molecular complexity index is 1080. The van der Waals surface area contributed by atoms with E-state index in [1.807, 2.05) is 18.2 Å². The molecular weight excluding hydrogens is 441 g/mol. The summed E-state index contributed by atoms with van der Waals surface area (Å²) in [5.41, 5.74) is 1.58. The van der Waals surface area contributed by atoms with E-state index in [0.717, 1.165) is 23.4 Å². The predicted molar refractivity (Wildman–Crippen MR) is 132 cm³/mol. The van der Waals surface area contributed by atoms with Gasteiger partial charge in [-0.1, -0.05) is 87.4 Å². The summed E-state index contributed by atoms with van der Waals surface area (Å²) in [5, 5.41) is 0.713. The monoisotopic (exact) mass is 472 g/mol. The molecule has 1 aliphatic carbocycles. The van der Waals surface area contributed by atoms with E-state index < -0.39 is 22.5 Å². The maximum Gasteiger partial charge on any atom is 0.145 e. The average Bonchev–Trinajstić information content (AvgIpc) is 2.82. The fourth-order valence-electron chi connectivity index (χ4n) is 5.32. The molecule has 1 saturated carbocycles. The molecule has 0 radical (unpaired) electrons. The van der Waals surface area contributed by atoms with Crippen LogP contribution in [-0.2, 0) is 0 Å². The van der Waals surface area contributed by atoms with Gasteiger partial charge in [0.1, 0.15) is 22.5 Å². The molecule has 0 atom stereocenters. The maximum atomic E-state index is 15.3. The summed E-state index contributed by atoms with van der Waals surface area (Å²) in [7, 11) is 0. The lowest BCUT2D eigenvalue weighted by atomic mass is 9.76. The zero-order chi connectivity index (χ0) is 23.4. The van der Waals surface area contributed by atoms with Gasteiger partial charge in [0.05, 0.1) is 0 Å². The Morgan fingerprint density at radius 2 is 1.52 bits per heavy atom. The molecule has 3 aromatic carbocycles. The highest BCUT2D eigenvalue weighted by molar-refractivity contribution is 6.31. The molecule has 4 rings (SSSR count). The zero-order valence-corrected chi connectivity index (χ0v) is 20.0. The van der Waals surface area contributed by atoms with Crippen molar-refractivity contribution in [3.05, 3.63) is 70.5 Å². The minimum absolute atomic E-state index is 0.144. The predicted octanol–water partition coefficient (Wildman–Crippen LogP) is 10.2. The van der Waals surface area contributed by atoms with E-state index in [1.165, 1.54) is 69.8 Å². The molecule has 0 aliphatic heterocycles. The Morgan fingerprint density at radius 1 is 0.818 bits per heavy atom. The Labute approximate surface area is 200 Å². The largest absolute Gasteiger partial charge is 0.206 e. The van der Waals surface area contributed by atoms with E-state index >= 15 is 4.39 Å². The molecule has 0 saturated heterocycles. The Kier molecular flexibility index (Phi) is 8.01. The number of hydrogen-bond donors (Lipinski definition) is 0. The lowest BCUT2D eigenvalue weighted by Gasteiger charge is -2.29. The SMILES string of the molecule is CCCCCCCC1CCC(c2ccc3c(F)c(-c4cc(F)c(Cl)c(F)c4)ccc3c2)CC1. The molecule has 0 amide bonds. The number of unbranched alkanes of at least 4 members (excludes halogenated alkanes) is 4. The molecular formula is C29H32ClF3. The van der Waals surface area contributed by atoms with Crippen molar-refractivity contribution in [3.8, 4) is 11.1 Å². The van der Waals surface area contributed by atoms with Crippen molar-refractivity contribution in [2.24, 2.45) is 5.92 Å². The van der Waals surface area contributed by atoms with Crippen LogP contribution in [0, 0.1) is 23.4 Å². The maximum absolute atomic E-state index is 15.3. The van der Waals surface area contributed by atoms with Crippen LogP contribution in [0.15, 0.2) is 42.5 Å². The van der Waals surface area contributed by atoms with Gasteiger partial charge < -0.3 is 0 Å². The molecule has 1 fully saturated rings. The van der Waals surface area contributed by atoms with Crippen LogP contribution < -0.4 is 0 Å². The van der Waals surface area contributed by atoms with Crippen LogP contribution in [0.4, 0.5) is 13.2 Å². The van der Waals surface area contributed by atoms with Crippen molar-refractivity contribution in [2.45, 2.75) is 77.0 Å². The molecule has 0 unspecified atom stereocenters. The van der Waals surface area contributed by atoms with E-state index in [1.54, 1.807) is 6.07 Å². The van der Waals surface area contributed by atoms with Crippen LogP contribution in [-0.4, -0.2) is 0 Å². The highest BCUT2D eigenvalue weighted by Gasteiger charge is 2.23. The standard InChI is InChI=1S/C29H32ClF3/c1-2-3-4-5-6-7-19-8-10-20(11-9-19)21-12-14-24-22(16-21)13-15-25(29(24)33)23-17-26(31)28(30)27(32)18-23/h12-20H,2-11H2,1H3. The summed E-state index contributed by atoms with van der Waals surface area (Å²) in [5.74, 6) is -0.875. The normalized spacial score (nSPS) is 18.7. The molecule has 0 heterocycles. The molecule has 176 valence electrons. The van der Waals surface area contributed by atoms with E-state index in [0.29, 0.717) is 11.3 Å². The molecule has 0 aromatic heterocycles. The molecule has 0 bridgehead atoms. The molecule has 0 nitrogen and oxygen atoms in total. The molecule has 1 aliphatic rings. The molecule has 0 N–H and O–H groups in total. The Hall–Kier alpha value is -2.00. The molecule has 4 heteroatoms. The van der Waals surface area contributed by atoms with Gasteiger partial charge in [0.15, 0.2) is 0 Å². The Morgan fingerprint density at radius 3 is 2.21 bits per heavy atom. The van der Waals surface area contributed by atoms with Gasteiger partial charge in [-0.15, -0.1) is 0 Å². The van der Waals surface area contributed by atoms with E-state index in [4.69, 9.17) is 11.6 Å². The second-order valence-corrected chi connectivity index (χ2v) is 9.96. The van der Waals surface area contributed by atoms with Crippen molar-refractivity contribution in [3.63, 3.8) is 0 Å². The van der Waals surface area contributed by atoms with Crippen molar-refractivity contribution >= 4 is 22.4 Å². The highest BCUT2D eigenvalue weighted by atomic mass is 35.5. The zero-order valence-electron chi connectivity index (χ0n) is 19.3. The van der Waals surface area contributed by atoms with Gasteiger partial charge in [0.2, 0.25) is 0 Å². The first kappa shape index (κ1) is 24.1. The third kappa shape index (κ3) is 5.57. The van der Waals surface area contributed by atoms with Gasteiger partial charge >= 0.3 is 0 Å². The van der Waals surface area contributed by atoms with Crippen molar-refractivity contribution < 1.29 is 13.2 Å². The second-order valence-electron chi connectivity index (χ2n) is 9.58. The third-order valence-corrected chi connectivity index (χ3v) is 7.67. The van der Waals surface area contributed by atoms with Crippen LogP contribution in [0.2, 0.25) is 5.02 Å². The minimum Gasteiger partial charge on any atom is -0.206 e. The van der Waals surface area contributed by atoms with Crippen LogP contribution in [0.1, 0.15) is 82.6 Å².